The molecule has 2 aromatic rings. The van der Waals surface area contributed by atoms with Crippen LogP contribution in [0.1, 0.15) is 24.1 Å². The van der Waals surface area contributed by atoms with Crippen molar-refractivity contribution >= 4 is 11.3 Å². The van der Waals surface area contributed by atoms with E-state index in [1.54, 1.807) is 11.3 Å². The van der Waals surface area contributed by atoms with Gasteiger partial charge in [-0.25, -0.2) is 13.2 Å². The molecular formula is C14H14F3NS. The van der Waals surface area contributed by atoms with Gasteiger partial charge >= 0.3 is 0 Å². The minimum absolute atomic E-state index is 0.159. The maximum Gasteiger partial charge on any atom is 0.194 e. The summed E-state index contributed by atoms with van der Waals surface area (Å²) < 4.78 is 40.1. The summed E-state index contributed by atoms with van der Waals surface area (Å²) in [6.45, 7) is 2.51. The molecule has 1 aromatic heterocycles. The summed E-state index contributed by atoms with van der Waals surface area (Å²) in [5, 5.41) is 6.99. The van der Waals surface area contributed by atoms with Gasteiger partial charge in [0.15, 0.2) is 17.5 Å². The van der Waals surface area contributed by atoms with Crippen molar-refractivity contribution in [3.05, 3.63) is 57.5 Å². The number of hydrogen-bond acceptors (Lipinski definition) is 2. The number of likely N-dealkylation sites (N-methyl/N-ethyl adjacent to an activating group) is 1. The number of hydrogen-bond donors (Lipinski definition) is 1. The van der Waals surface area contributed by atoms with E-state index in [4.69, 9.17) is 0 Å². The molecule has 0 amide bonds. The minimum Gasteiger partial charge on any atom is -0.310 e. The molecule has 1 N–H and O–H groups in total. The predicted molar refractivity (Wildman–Crippen MR) is 70.8 cm³/mol. The summed E-state index contributed by atoms with van der Waals surface area (Å²) in [5.41, 5.74) is 1.20. The Hall–Kier alpha value is -1.33. The Labute approximate surface area is 114 Å². The summed E-state index contributed by atoms with van der Waals surface area (Å²) >= 11 is 1.55. The Kier molecular flexibility index (Phi) is 4.61. The molecule has 0 aliphatic rings. The molecule has 102 valence electrons. The molecular weight excluding hydrogens is 271 g/mol. The van der Waals surface area contributed by atoms with E-state index in [1.807, 2.05) is 23.8 Å². The fraction of sp³-hybridized carbons (Fsp3) is 0.286. The molecule has 0 aliphatic heterocycles. The van der Waals surface area contributed by atoms with Crippen molar-refractivity contribution in [3.8, 4) is 0 Å². The first-order chi connectivity index (χ1) is 9.13. The van der Waals surface area contributed by atoms with Gasteiger partial charge in [-0.2, -0.15) is 11.3 Å². The lowest BCUT2D eigenvalue weighted by Crippen LogP contribution is -2.24. The predicted octanol–water partition coefficient (Wildman–Crippen LogP) is 4.06. The van der Waals surface area contributed by atoms with Gasteiger partial charge in [0, 0.05) is 11.6 Å². The highest BCUT2D eigenvalue weighted by Gasteiger charge is 2.20. The zero-order valence-corrected chi connectivity index (χ0v) is 11.2. The summed E-state index contributed by atoms with van der Waals surface area (Å²) in [4.78, 5) is 0. The maximum absolute atomic E-state index is 13.8. The second-order valence-electron chi connectivity index (χ2n) is 4.21. The van der Waals surface area contributed by atoms with Crippen molar-refractivity contribution in [1.29, 1.82) is 0 Å². The van der Waals surface area contributed by atoms with Crippen LogP contribution in [0.5, 0.6) is 0 Å². The lowest BCUT2D eigenvalue weighted by Gasteiger charge is -2.19. The normalized spacial score (nSPS) is 12.6. The van der Waals surface area contributed by atoms with Gasteiger partial charge in [-0.15, -0.1) is 0 Å². The van der Waals surface area contributed by atoms with E-state index in [-0.39, 0.29) is 11.6 Å². The molecule has 0 bridgehead atoms. The quantitative estimate of drug-likeness (QED) is 0.817. The Morgan fingerprint density at radius 2 is 1.95 bits per heavy atom. The first-order valence-electron chi connectivity index (χ1n) is 6.01. The molecule has 1 atom stereocenters. The highest BCUT2D eigenvalue weighted by atomic mass is 32.1. The molecule has 1 nitrogen and oxygen atoms in total. The highest BCUT2D eigenvalue weighted by Crippen LogP contribution is 2.25. The van der Waals surface area contributed by atoms with Crippen molar-refractivity contribution in [1.82, 2.24) is 5.32 Å². The number of nitrogens with one attached hydrogen (secondary N) is 1. The molecule has 0 aliphatic carbocycles. The lowest BCUT2D eigenvalue weighted by molar-refractivity contribution is 0.425. The van der Waals surface area contributed by atoms with Gasteiger partial charge in [-0.3, -0.25) is 0 Å². The summed E-state index contributed by atoms with van der Waals surface area (Å²) in [6, 6.07) is 3.83. The molecule has 2 rings (SSSR count). The van der Waals surface area contributed by atoms with Crippen LogP contribution in [-0.4, -0.2) is 6.54 Å². The summed E-state index contributed by atoms with van der Waals surface area (Å²) in [5.74, 6) is -3.68. The van der Waals surface area contributed by atoms with E-state index < -0.39 is 17.5 Å². The van der Waals surface area contributed by atoms with E-state index in [9.17, 15) is 13.2 Å². The van der Waals surface area contributed by atoms with Gasteiger partial charge in [0.05, 0.1) is 0 Å². The lowest BCUT2D eigenvalue weighted by atomic mass is 9.99. The van der Waals surface area contributed by atoms with Crippen LogP contribution in [0.4, 0.5) is 13.2 Å². The zero-order chi connectivity index (χ0) is 13.8. The van der Waals surface area contributed by atoms with E-state index in [2.05, 4.69) is 5.32 Å². The Bertz CT molecular complexity index is 540. The molecule has 0 fully saturated rings. The maximum atomic E-state index is 13.8. The van der Waals surface area contributed by atoms with Gasteiger partial charge in [0.25, 0.3) is 0 Å². The zero-order valence-electron chi connectivity index (χ0n) is 10.4. The summed E-state index contributed by atoms with van der Waals surface area (Å²) in [7, 11) is 0. The van der Waals surface area contributed by atoms with Crippen molar-refractivity contribution in [2.75, 3.05) is 6.54 Å². The van der Waals surface area contributed by atoms with Crippen LogP contribution >= 0.6 is 11.3 Å². The van der Waals surface area contributed by atoms with Crippen LogP contribution in [0.3, 0.4) is 0 Å². The molecule has 5 heteroatoms. The van der Waals surface area contributed by atoms with Crippen molar-refractivity contribution < 1.29 is 13.2 Å². The Balaban J connectivity index is 2.31. The van der Waals surface area contributed by atoms with Crippen LogP contribution in [0, 0.1) is 17.5 Å². The van der Waals surface area contributed by atoms with Gasteiger partial charge in [0.1, 0.15) is 0 Å². The number of benzene rings is 1. The van der Waals surface area contributed by atoms with Gasteiger partial charge in [-0.05, 0) is 41.4 Å². The van der Waals surface area contributed by atoms with Crippen LogP contribution in [0.2, 0.25) is 0 Å². The number of halogens is 3. The second-order valence-corrected chi connectivity index (χ2v) is 4.99. The van der Waals surface area contributed by atoms with Crippen molar-refractivity contribution in [2.45, 2.75) is 19.4 Å². The number of rotatable bonds is 5. The van der Waals surface area contributed by atoms with Gasteiger partial charge in [0.2, 0.25) is 0 Å². The monoisotopic (exact) mass is 285 g/mol. The SMILES string of the molecule is CCNC(Cc1ccsc1)c1ccc(F)c(F)c1F. The molecule has 1 unspecified atom stereocenters. The van der Waals surface area contributed by atoms with Crippen LogP contribution < -0.4 is 5.32 Å². The molecule has 0 saturated heterocycles. The third kappa shape index (κ3) is 3.16. The first kappa shape index (κ1) is 14.1. The van der Waals surface area contributed by atoms with Crippen molar-refractivity contribution in [2.24, 2.45) is 0 Å². The highest BCUT2D eigenvalue weighted by molar-refractivity contribution is 7.07. The van der Waals surface area contributed by atoms with E-state index >= 15 is 0 Å². The average Bonchev–Trinajstić information content (AvgIpc) is 2.89. The third-order valence-corrected chi connectivity index (χ3v) is 3.64. The molecule has 0 spiro atoms. The average molecular weight is 285 g/mol. The molecule has 1 aromatic carbocycles. The fourth-order valence-corrected chi connectivity index (χ4v) is 2.67. The fourth-order valence-electron chi connectivity index (χ4n) is 1.99. The first-order valence-corrected chi connectivity index (χ1v) is 6.95. The van der Waals surface area contributed by atoms with Crippen LogP contribution in [-0.2, 0) is 6.42 Å². The summed E-state index contributed by atoms with van der Waals surface area (Å²) in [6.07, 6.45) is 0.541. The molecule has 0 radical (unpaired) electrons. The van der Waals surface area contributed by atoms with Gasteiger partial charge < -0.3 is 5.32 Å². The Morgan fingerprint density at radius 1 is 1.16 bits per heavy atom. The Morgan fingerprint density at radius 3 is 2.58 bits per heavy atom. The largest absolute Gasteiger partial charge is 0.310 e. The van der Waals surface area contributed by atoms with Crippen LogP contribution in [0.25, 0.3) is 0 Å². The van der Waals surface area contributed by atoms with Crippen LogP contribution in [0.15, 0.2) is 29.0 Å². The molecule has 19 heavy (non-hydrogen) atoms. The standard InChI is InChI=1S/C14H14F3NS/c1-2-18-12(7-9-5-6-19-8-9)10-3-4-11(15)14(17)13(10)16/h3-6,8,12,18H,2,7H2,1H3. The molecule has 1 heterocycles. The second kappa shape index (κ2) is 6.21. The number of thiophene rings is 1. The van der Waals surface area contributed by atoms with E-state index in [0.717, 1.165) is 11.6 Å². The van der Waals surface area contributed by atoms with Gasteiger partial charge in [-0.1, -0.05) is 13.0 Å². The topological polar surface area (TPSA) is 12.0 Å². The smallest absolute Gasteiger partial charge is 0.194 e. The van der Waals surface area contributed by atoms with E-state index in [1.165, 1.54) is 6.07 Å². The third-order valence-electron chi connectivity index (χ3n) is 2.91. The molecule has 0 saturated carbocycles. The van der Waals surface area contributed by atoms with Crippen molar-refractivity contribution in [3.63, 3.8) is 0 Å². The van der Waals surface area contributed by atoms with E-state index in [0.29, 0.717) is 13.0 Å². The minimum atomic E-state index is -1.41.